The van der Waals surface area contributed by atoms with Gasteiger partial charge in [0.25, 0.3) is 0 Å². The Morgan fingerprint density at radius 3 is 0.952 bits per heavy atom. The standard InChI is InChI=1S/C5F11.CF3O/c6-1(7)2(8,9)3(10,11)4(12,13)5(14,15)16;2-1(3,4)5. The zero-order valence-electron chi connectivity index (χ0n) is 8.70. The highest BCUT2D eigenvalue weighted by atomic mass is 19.4. The number of halogens is 14. The van der Waals surface area contributed by atoms with Crippen LogP contribution in [-0.2, 0) is 5.11 Å². The zero-order chi connectivity index (χ0) is 18.1. The summed E-state index contributed by atoms with van der Waals surface area (Å²) in [5.41, 5.74) is 0. The minimum Gasteiger partial charge on any atom is -0.192 e. The molecule has 1 nitrogen and oxygen atoms in total. The van der Waals surface area contributed by atoms with Crippen molar-refractivity contribution in [3.05, 3.63) is 6.43 Å². The SMILES string of the molecule is F[C](F)C(F)(F)C(F)(F)C(F)(F)C(F)(F)F.[O]C(F)(F)F. The lowest BCUT2D eigenvalue weighted by Crippen LogP contribution is -2.61. The van der Waals surface area contributed by atoms with Crippen molar-refractivity contribution in [2.24, 2.45) is 0 Å². The largest absolute Gasteiger partial charge is 0.549 e. The van der Waals surface area contributed by atoms with Crippen molar-refractivity contribution >= 4 is 0 Å². The second-order valence-corrected chi connectivity index (χ2v) is 2.93. The first kappa shape index (κ1) is 22.3. The highest BCUT2D eigenvalue weighted by molar-refractivity contribution is 5.06. The fourth-order valence-electron chi connectivity index (χ4n) is 0.494. The summed E-state index contributed by atoms with van der Waals surface area (Å²) in [5, 5.41) is 8.10. The normalized spacial score (nSPS) is 14.9. The quantitative estimate of drug-likeness (QED) is 0.648. The Kier molecular flexibility index (Phi) is 6.36. The Labute approximate surface area is 105 Å². The fourth-order valence-corrected chi connectivity index (χ4v) is 0.494. The molecular weight excluding hydrogens is 354 g/mol. The molecule has 0 bridgehead atoms. The van der Waals surface area contributed by atoms with Crippen LogP contribution in [0.1, 0.15) is 0 Å². The van der Waals surface area contributed by atoms with E-state index in [-0.39, 0.29) is 0 Å². The molecule has 128 valence electrons. The molecule has 0 heterocycles. The van der Waals surface area contributed by atoms with Crippen LogP contribution in [0.5, 0.6) is 0 Å². The molecule has 0 fully saturated rings. The Balaban J connectivity index is 0. The predicted molar refractivity (Wildman–Crippen MR) is 33.1 cm³/mol. The molecule has 0 unspecified atom stereocenters. The monoisotopic (exact) mass is 354 g/mol. The second kappa shape index (κ2) is 6.00. The first-order valence-corrected chi connectivity index (χ1v) is 3.85. The molecule has 0 aromatic heterocycles. The van der Waals surface area contributed by atoms with E-state index >= 15 is 0 Å². The molecule has 0 atom stereocenters. The van der Waals surface area contributed by atoms with Crippen LogP contribution in [0, 0.1) is 6.43 Å². The molecule has 0 aliphatic rings. The van der Waals surface area contributed by atoms with Crippen LogP contribution in [-0.4, -0.2) is 30.3 Å². The summed E-state index contributed by atoms with van der Waals surface area (Å²) in [6.07, 6.45) is -16.9. The molecular formula is C6F14O. The maximum Gasteiger partial charge on any atom is 0.549 e. The van der Waals surface area contributed by atoms with E-state index in [2.05, 4.69) is 0 Å². The molecule has 0 amide bonds. The lowest BCUT2D eigenvalue weighted by atomic mass is 10.0. The lowest BCUT2D eigenvalue weighted by Gasteiger charge is -2.32. The molecule has 0 rings (SSSR count). The molecule has 0 N–H and O–H groups in total. The van der Waals surface area contributed by atoms with Crippen LogP contribution in [0.3, 0.4) is 0 Å². The molecule has 0 spiro atoms. The van der Waals surface area contributed by atoms with Crippen molar-refractivity contribution in [3.63, 3.8) is 0 Å². The lowest BCUT2D eigenvalue weighted by molar-refractivity contribution is -0.399. The summed E-state index contributed by atoms with van der Waals surface area (Å²) in [5.74, 6) is -21.4. The Hall–Kier alpha value is -1.02. The van der Waals surface area contributed by atoms with Crippen molar-refractivity contribution in [2.75, 3.05) is 0 Å². The van der Waals surface area contributed by atoms with E-state index in [1.807, 2.05) is 0 Å². The molecule has 21 heavy (non-hydrogen) atoms. The first-order valence-electron chi connectivity index (χ1n) is 3.85. The van der Waals surface area contributed by atoms with Gasteiger partial charge in [0.15, 0.2) is 0 Å². The predicted octanol–water partition coefficient (Wildman–Crippen LogP) is 4.82. The summed E-state index contributed by atoms with van der Waals surface area (Å²) in [7, 11) is 0. The third kappa shape index (κ3) is 5.35. The van der Waals surface area contributed by atoms with Crippen LogP contribution >= 0.6 is 0 Å². The number of hydrogen-bond donors (Lipinski definition) is 0. The van der Waals surface area contributed by atoms with Gasteiger partial charge in [0.2, 0.25) is 0 Å². The molecule has 0 aromatic rings. The molecule has 0 aromatic carbocycles. The smallest absolute Gasteiger partial charge is 0.192 e. The van der Waals surface area contributed by atoms with Crippen LogP contribution in [0.15, 0.2) is 0 Å². The van der Waals surface area contributed by atoms with Crippen LogP contribution in [0.25, 0.3) is 0 Å². The molecule has 0 aliphatic heterocycles. The molecule has 0 saturated heterocycles. The summed E-state index contributed by atoms with van der Waals surface area (Å²) < 4.78 is 157. The van der Waals surface area contributed by atoms with E-state index in [4.69, 9.17) is 5.11 Å². The second-order valence-electron chi connectivity index (χ2n) is 2.93. The van der Waals surface area contributed by atoms with Gasteiger partial charge in [0.05, 0.1) is 0 Å². The van der Waals surface area contributed by atoms with Gasteiger partial charge in [-0.05, 0) is 0 Å². The Morgan fingerprint density at radius 1 is 0.571 bits per heavy atom. The van der Waals surface area contributed by atoms with E-state index in [0.29, 0.717) is 0 Å². The molecule has 2 radical (unpaired) electrons. The maximum absolute atomic E-state index is 12.0. The summed E-state index contributed by atoms with van der Waals surface area (Å²) in [4.78, 5) is 0. The van der Waals surface area contributed by atoms with E-state index in [1.54, 1.807) is 0 Å². The number of rotatable bonds is 3. The topological polar surface area (TPSA) is 19.9 Å². The molecule has 0 saturated carbocycles. The van der Waals surface area contributed by atoms with Crippen molar-refractivity contribution in [1.29, 1.82) is 0 Å². The van der Waals surface area contributed by atoms with Gasteiger partial charge in [-0.25, -0.2) is 0 Å². The van der Waals surface area contributed by atoms with Gasteiger partial charge in [-0.1, -0.05) is 0 Å². The summed E-state index contributed by atoms with van der Waals surface area (Å²) in [6, 6.07) is 0. The Bertz CT molecular complexity index is 317. The van der Waals surface area contributed by atoms with Gasteiger partial charge in [-0.3, -0.25) is 0 Å². The van der Waals surface area contributed by atoms with Gasteiger partial charge >= 0.3 is 36.7 Å². The molecule has 15 heteroatoms. The van der Waals surface area contributed by atoms with Gasteiger partial charge in [0.1, 0.15) is 0 Å². The van der Waals surface area contributed by atoms with Crippen molar-refractivity contribution in [2.45, 2.75) is 30.3 Å². The minimum absolute atomic E-state index is 4.54. The number of hydrogen-bond acceptors (Lipinski definition) is 0. The van der Waals surface area contributed by atoms with Crippen molar-refractivity contribution in [1.82, 2.24) is 0 Å². The zero-order valence-corrected chi connectivity index (χ0v) is 8.70. The van der Waals surface area contributed by atoms with E-state index in [1.165, 1.54) is 0 Å². The highest BCUT2D eigenvalue weighted by Crippen LogP contribution is 2.56. The van der Waals surface area contributed by atoms with Gasteiger partial charge in [-0.15, -0.1) is 18.3 Å². The highest BCUT2D eigenvalue weighted by Gasteiger charge is 2.84. The van der Waals surface area contributed by atoms with Crippen molar-refractivity contribution < 1.29 is 66.6 Å². The van der Waals surface area contributed by atoms with E-state index < -0.39 is 36.7 Å². The van der Waals surface area contributed by atoms with Crippen molar-refractivity contribution in [3.8, 4) is 0 Å². The number of alkyl halides is 12. The summed E-state index contributed by atoms with van der Waals surface area (Å²) >= 11 is 0. The van der Waals surface area contributed by atoms with Crippen LogP contribution in [0.2, 0.25) is 0 Å². The Morgan fingerprint density at radius 2 is 0.810 bits per heavy atom. The third-order valence-electron chi connectivity index (χ3n) is 1.38. The summed E-state index contributed by atoms with van der Waals surface area (Å²) in [6.45, 7) is 0. The van der Waals surface area contributed by atoms with Gasteiger partial charge in [-0.2, -0.15) is 48.3 Å². The van der Waals surface area contributed by atoms with E-state index in [0.717, 1.165) is 0 Å². The van der Waals surface area contributed by atoms with Crippen LogP contribution < -0.4 is 0 Å². The third-order valence-corrected chi connectivity index (χ3v) is 1.38. The van der Waals surface area contributed by atoms with Crippen LogP contribution in [0.4, 0.5) is 61.5 Å². The minimum atomic E-state index is -7.28. The molecule has 0 aliphatic carbocycles. The van der Waals surface area contributed by atoms with E-state index in [9.17, 15) is 61.5 Å². The van der Waals surface area contributed by atoms with Gasteiger partial charge < -0.3 is 0 Å². The average molecular weight is 354 g/mol. The fraction of sp³-hybridized carbons (Fsp3) is 0.833. The average Bonchev–Trinajstić information content (AvgIpc) is 2.11. The maximum atomic E-state index is 12.0. The van der Waals surface area contributed by atoms with Gasteiger partial charge in [0, 0.05) is 0 Å². The first-order chi connectivity index (χ1) is 8.69.